The summed E-state index contributed by atoms with van der Waals surface area (Å²) in [5, 5.41) is 15.1. The molecule has 4 fully saturated rings. The Morgan fingerprint density at radius 1 is 1.29 bits per heavy atom. The standard InChI is InChI=1S/C16H22N2O2S/c1-14-3-10-4-15(2,7-14)9-16(5-10,8-14)18-13-17-11(6-21-13)12(19)20/h6,10H,3-5,7-9H2,1-2H3,(H,17,18)(H,19,20). The first kappa shape index (κ1) is 13.6. The number of thiazole rings is 1. The van der Waals surface area contributed by atoms with Gasteiger partial charge in [-0.2, -0.15) is 0 Å². The zero-order valence-corrected chi connectivity index (χ0v) is 13.4. The molecule has 2 N–H and O–H groups in total. The second-order valence-corrected chi connectivity index (χ2v) is 9.24. The SMILES string of the molecule is CC12CC3CC(C)(C1)CC(Nc1nc(C(=O)O)cs1)(C3)C2. The molecule has 4 bridgehead atoms. The molecule has 1 aromatic rings. The maximum Gasteiger partial charge on any atom is 0.355 e. The van der Waals surface area contributed by atoms with Gasteiger partial charge in [0.15, 0.2) is 10.8 Å². The third-order valence-electron chi connectivity index (χ3n) is 5.72. The number of carbonyl (C=O) groups is 1. The summed E-state index contributed by atoms with van der Waals surface area (Å²) in [6.07, 6.45) is 7.70. The molecule has 21 heavy (non-hydrogen) atoms. The van der Waals surface area contributed by atoms with Gasteiger partial charge in [0, 0.05) is 10.9 Å². The second kappa shape index (κ2) is 4.00. The van der Waals surface area contributed by atoms with Gasteiger partial charge >= 0.3 is 5.97 Å². The number of hydrogen-bond donors (Lipinski definition) is 2. The third-order valence-corrected chi connectivity index (χ3v) is 6.48. The molecular weight excluding hydrogens is 284 g/mol. The second-order valence-electron chi connectivity index (χ2n) is 8.38. The fraction of sp³-hybridized carbons (Fsp3) is 0.750. The molecule has 1 heterocycles. The Labute approximate surface area is 129 Å². The highest BCUT2D eigenvalue weighted by Gasteiger charge is 2.60. The van der Waals surface area contributed by atoms with Gasteiger partial charge in [-0.05, 0) is 55.3 Å². The molecule has 114 valence electrons. The van der Waals surface area contributed by atoms with E-state index in [9.17, 15) is 4.79 Å². The molecule has 4 nitrogen and oxygen atoms in total. The van der Waals surface area contributed by atoms with E-state index in [4.69, 9.17) is 5.11 Å². The normalized spacial score (nSPS) is 44.0. The number of carboxylic acid groups (broad SMARTS) is 1. The first-order valence-corrected chi connectivity index (χ1v) is 8.64. The van der Waals surface area contributed by atoms with Crippen LogP contribution < -0.4 is 5.32 Å². The molecule has 0 aliphatic heterocycles. The molecule has 1 aromatic heterocycles. The lowest BCUT2D eigenvalue weighted by atomic mass is 9.43. The maximum absolute atomic E-state index is 11.0. The fourth-order valence-electron chi connectivity index (χ4n) is 6.24. The minimum atomic E-state index is -0.941. The largest absolute Gasteiger partial charge is 0.476 e. The Hall–Kier alpha value is -1.10. The Morgan fingerprint density at radius 2 is 1.95 bits per heavy atom. The number of aromatic carboxylic acids is 1. The van der Waals surface area contributed by atoms with Crippen molar-refractivity contribution in [1.29, 1.82) is 0 Å². The quantitative estimate of drug-likeness (QED) is 0.886. The van der Waals surface area contributed by atoms with Crippen molar-refractivity contribution < 1.29 is 9.90 Å². The van der Waals surface area contributed by atoms with Gasteiger partial charge in [0.2, 0.25) is 0 Å². The zero-order valence-electron chi connectivity index (χ0n) is 12.6. The summed E-state index contributed by atoms with van der Waals surface area (Å²) in [5.41, 5.74) is 1.20. The van der Waals surface area contributed by atoms with Crippen molar-refractivity contribution in [3.63, 3.8) is 0 Å². The number of nitrogens with one attached hydrogen (secondary N) is 1. The fourth-order valence-corrected chi connectivity index (χ4v) is 7.05. The van der Waals surface area contributed by atoms with Crippen molar-refractivity contribution >= 4 is 22.4 Å². The van der Waals surface area contributed by atoms with Crippen molar-refractivity contribution in [1.82, 2.24) is 4.98 Å². The van der Waals surface area contributed by atoms with E-state index in [-0.39, 0.29) is 11.2 Å². The van der Waals surface area contributed by atoms with Crippen LogP contribution >= 0.6 is 11.3 Å². The molecule has 0 radical (unpaired) electrons. The Kier molecular flexibility index (Phi) is 2.58. The van der Waals surface area contributed by atoms with Crippen LogP contribution in [0.3, 0.4) is 0 Å². The molecule has 0 spiro atoms. The first-order chi connectivity index (χ1) is 9.79. The summed E-state index contributed by atoms with van der Waals surface area (Å²) in [5.74, 6) is -0.119. The monoisotopic (exact) mass is 306 g/mol. The van der Waals surface area contributed by atoms with Crippen LogP contribution in [0.15, 0.2) is 5.38 Å². The summed E-state index contributed by atoms with van der Waals surface area (Å²) in [7, 11) is 0. The number of carboxylic acids is 1. The van der Waals surface area contributed by atoms with Crippen LogP contribution in [0.2, 0.25) is 0 Å². The van der Waals surface area contributed by atoms with Crippen molar-refractivity contribution in [2.75, 3.05) is 5.32 Å². The van der Waals surface area contributed by atoms with Crippen molar-refractivity contribution in [3.05, 3.63) is 11.1 Å². The van der Waals surface area contributed by atoms with Gasteiger partial charge < -0.3 is 10.4 Å². The predicted molar refractivity (Wildman–Crippen MR) is 82.8 cm³/mol. The highest BCUT2D eigenvalue weighted by molar-refractivity contribution is 7.13. The number of rotatable bonds is 3. The highest BCUT2D eigenvalue weighted by Crippen LogP contribution is 2.66. The van der Waals surface area contributed by atoms with Gasteiger partial charge in [0.1, 0.15) is 0 Å². The summed E-state index contributed by atoms with van der Waals surface area (Å²) in [6, 6.07) is 0. The highest BCUT2D eigenvalue weighted by atomic mass is 32.1. The van der Waals surface area contributed by atoms with Crippen molar-refractivity contribution in [3.8, 4) is 0 Å². The van der Waals surface area contributed by atoms with Crippen LogP contribution in [0.25, 0.3) is 0 Å². The number of nitrogens with zero attached hydrogens (tertiary/aromatic N) is 1. The molecule has 5 heteroatoms. The average molecular weight is 306 g/mol. The van der Waals surface area contributed by atoms with E-state index in [1.54, 1.807) is 5.38 Å². The van der Waals surface area contributed by atoms with Crippen LogP contribution in [0.4, 0.5) is 5.13 Å². The van der Waals surface area contributed by atoms with E-state index in [1.165, 1.54) is 49.9 Å². The number of hydrogen-bond acceptors (Lipinski definition) is 4. The lowest BCUT2D eigenvalue weighted by Crippen LogP contribution is -2.61. The van der Waals surface area contributed by atoms with Gasteiger partial charge in [-0.3, -0.25) is 0 Å². The Morgan fingerprint density at radius 3 is 2.48 bits per heavy atom. The Balaban J connectivity index is 1.63. The van der Waals surface area contributed by atoms with Crippen LogP contribution in [-0.4, -0.2) is 21.6 Å². The van der Waals surface area contributed by atoms with Crippen molar-refractivity contribution in [2.45, 2.75) is 57.9 Å². The van der Waals surface area contributed by atoms with E-state index in [2.05, 4.69) is 24.1 Å². The van der Waals surface area contributed by atoms with E-state index in [1.807, 2.05) is 0 Å². The third kappa shape index (κ3) is 2.17. The number of anilines is 1. The topological polar surface area (TPSA) is 62.2 Å². The summed E-state index contributed by atoms with van der Waals surface area (Å²) >= 11 is 1.42. The van der Waals surface area contributed by atoms with Gasteiger partial charge in [0.05, 0.1) is 0 Å². The molecule has 4 saturated carbocycles. The molecule has 0 saturated heterocycles. The zero-order chi connectivity index (χ0) is 14.9. The molecular formula is C16H22N2O2S. The van der Waals surface area contributed by atoms with Crippen LogP contribution in [0.5, 0.6) is 0 Å². The smallest absolute Gasteiger partial charge is 0.355 e. The molecule has 2 atom stereocenters. The molecule has 2 unspecified atom stereocenters. The van der Waals surface area contributed by atoms with Gasteiger partial charge in [-0.15, -0.1) is 11.3 Å². The molecule has 0 amide bonds. The van der Waals surface area contributed by atoms with Crippen LogP contribution in [0.1, 0.15) is 62.9 Å². The first-order valence-electron chi connectivity index (χ1n) is 7.76. The summed E-state index contributed by atoms with van der Waals surface area (Å²) < 4.78 is 0. The predicted octanol–water partition coefficient (Wildman–Crippen LogP) is 4.00. The van der Waals surface area contributed by atoms with E-state index >= 15 is 0 Å². The van der Waals surface area contributed by atoms with Crippen LogP contribution in [0, 0.1) is 16.7 Å². The Bertz CT molecular complexity index is 593. The van der Waals surface area contributed by atoms with Gasteiger partial charge in [0.25, 0.3) is 0 Å². The van der Waals surface area contributed by atoms with Crippen molar-refractivity contribution in [2.24, 2.45) is 16.7 Å². The maximum atomic E-state index is 11.0. The minimum absolute atomic E-state index is 0.135. The van der Waals surface area contributed by atoms with E-state index in [0.717, 1.165) is 11.0 Å². The minimum Gasteiger partial charge on any atom is -0.476 e. The lowest BCUT2D eigenvalue weighted by molar-refractivity contribution is -0.0973. The van der Waals surface area contributed by atoms with Gasteiger partial charge in [-0.25, -0.2) is 9.78 Å². The number of aromatic nitrogens is 1. The van der Waals surface area contributed by atoms with E-state index in [0.29, 0.717) is 10.8 Å². The molecule has 0 aromatic carbocycles. The summed E-state index contributed by atoms with van der Waals surface area (Å²) in [6.45, 7) is 4.88. The van der Waals surface area contributed by atoms with Gasteiger partial charge in [-0.1, -0.05) is 13.8 Å². The molecule has 4 aliphatic carbocycles. The summed E-state index contributed by atoms with van der Waals surface area (Å²) in [4.78, 5) is 15.2. The van der Waals surface area contributed by atoms with E-state index < -0.39 is 5.97 Å². The molecule has 5 rings (SSSR count). The molecule has 4 aliphatic rings. The lowest BCUT2D eigenvalue weighted by Gasteiger charge is -2.65. The van der Waals surface area contributed by atoms with Crippen LogP contribution in [-0.2, 0) is 0 Å². The average Bonchev–Trinajstić information content (AvgIpc) is 2.71.